The number of rotatable bonds is 2. The first-order valence-electron chi connectivity index (χ1n) is 6.40. The SMILES string of the molecule is Cc1ccncc1C(N)c1ccc2ccccc2c1. The Morgan fingerprint density at radius 3 is 2.58 bits per heavy atom. The molecule has 1 unspecified atom stereocenters. The fourth-order valence-electron chi connectivity index (χ4n) is 2.38. The fraction of sp³-hybridized carbons (Fsp3) is 0.118. The lowest BCUT2D eigenvalue weighted by Crippen LogP contribution is -2.13. The van der Waals surface area contributed by atoms with E-state index in [2.05, 4.69) is 42.2 Å². The highest BCUT2D eigenvalue weighted by Gasteiger charge is 2.11. The van der Waals surface area contributed by atoms with E-state index in [0.717, 1.165) is 11.1 Å². The van der Waals surface area contributed by atoms with Crippen molar-refractivity contribution in [3.8, 4) is 0 Å². The molecule has 0 saturated heterocycles. The Labute approximate surface area is 112 Å². The Bertz CT molecular complexity index is 719. The molecule has 1 aromatic heterocycles. The molecule has 0 radical (unpaired) electrons. The minimum Gasteiger partial charge on any atom is -0.320 e. The summed E-state index contributed by atoms with van der Waals surface area (Å²) in [5.41, 5.74) is 9.75. The first kappa shape index (κ1) is 11.9. The van der Waals surface area contributed by atoms with Crippen LogP contribution in [0, 0.1) is 6.92 Å². The normalized spacial score (nSPS) is 12.5. The van der Waals surface area contributed by atoms with Gasteiger partial charge in [-0.2, -0.15) is 0 Å². The minimum absolute atomic E-state index is 0.127. The minimum atomic E-state index is -0.127. The third-order valence-electron chi connectivity index (χ3n) is 3.55. The van der Waals surface area contributed by atoms with Crippen molar-refractivity contribution >= 4 is 10.8 Å². The standard InChI is InChI=1S/C17H16N2/c1-12-8-9-19-11-16(12)17(18)15-7-6-13-4-2-3-5-14(13)10-15/h2-11,17H,18H2,1H3. The summed E-state index contributed by atoms with van der Waals surface area (Å²) in [4.78, 5) is 4.17. The number of nitrogens with two attached hydrogens (primary N) is 1. The van der Waals surface area contributed by atoms with E-state index in [4.69, 9.17) is 5.73 Å². The van der Waals surface area contributed by atoms with Crippen LogP contribution in [0.25, 0.3) is 10.8 Å². The predicted octanol–water partition coefficient (Wildman–Crippen LogP) is 3.59. The van der Waals surface area contributed by atoms with Gasteiger partial charge < -0.3 is 5.73 Å². The van der Waals surface area contributed by atoms with E-state index in [9.17, 15) is 0 Å². The Morgan fingerprint density at radius 2 is 1.79 bits per heavy atom. The number of hydrogen-bond donors (Lipinski definition) is 1. The van der Waals surface area contributed by atoms with Crippen molar-refractivity contribution in [3.05, 3.63) is 77.6 Å². The molecule has 94 valence electrons. The fourth-order valence-corrected chi connectivity index (χ4v) is 2.38. The molecule has 1 atom stereocenters. The van der Waals surface area contributed by atoms with Crippen LogP contribution in [-0.2, 0) is 0 Å². The quantitative estimate of drug-likeness (QED) is 0.752. The van der Waals surface area contributed by atoms with Crippen LogP contribution in [-0.4, -0.2) is 4.98 Å². The number of pyridine rings is 1. The zero-order valence-electron chi connectivity index (χ0n) is 10.9. The molecule has 0 aliphatic heterocycles. The molecule has 0 saturated carbocycles. The maximum Gasteiger partial charge on any atom is 0.0569 e. The first-order chi connectivity index (χ1) is 9.25. The van der Waals surface area contributed by atoms with Gasteiger partial charge in [0.05, 0.1) is 6.04 Å². The lowest BCUT2D eigenvalue weighted by atomic mass is 9.95. The van der Waals surface area contributed by atoms with Crippen LogP contribution in [0.5, 0.6) is 0 Å². The van der Waals surface area contributed by atoms with Crippen molar-refractivity contribution in [2.24, 2.45) is 5.73 Å². The number of nitrogens with zero attached hydrogens (tertiary/aromatic N) is 1. The molecule has 2 heteroatoms. The highest BCUT2D eigenvalue weighted by molar-refractivity contribution is 5.83. The van der Waals surface area contributed by atoms with E-state index in [1.807, 2.05) is 24.4 Å². The average molecular weight is 248 g/mol. The van der Waals surface area contributed by atoms with Crippen molar-refractivity contribution in [3.63, 3.8) is 0 Å². The second-order valence-corrected chi connectivity index (χ2v) is 4.82. The van der Waals surface area contributed by atoms with Gasteiger partial charge >= 0.3 is 0 Å². The summed E-state index contributed by atoms with van der Waals surface area (Å²) in [6.07, 6.45) is 3.65. The van der Waals surface area contributed by atoms with E-state index in [-0.39, 0.29) is 6.04 Å². The summed E-state index contributed by atoms with van der Waals surface area (Å²) in [7, 11) is 0. The average Bonchev–Trinajstić information content (AvgIpc) is 2.46. The number of fused-ring (bicyclic) bond motifs is 1. The molecule has 1 heterocycles. The summed E-state index contributed by atoms with van der Waals surface area (Å²) in [5, 5.41) is 2.46. The topological polar surface area (TPSA) is 38.9 Å². The third-order valence-corrected chi connectivity index (χ3v) is 3.55. The molecule has 0 fully saturated rings. The molecule has 0 spiro atoms. The molecule has 0 amide bonds. The molecule has 2 aromatic carbocycles. The van der Waals surface area contributed by atoms with Crippen LogP contribution in [0.1, 0.15) is 22.7 Å². The van der Waals surface area contributed by atoms with Gasteiger partial charge in [-0.15, -0.1) is 0 Å². The van der Waals surface area contributed by atoms with Gasteiger partial charge in [0.25, 0.3) is 0 Å². The van der Waals surface area contributed by atoms with Gasteiger partial charge in [0, 0.05) is 12.4 Å². The molecule has 0 aliphatic rings. The molecule has 19 heavy (non-hydrogen) atoms. The van der Waals surface area contributed by atoms with E-state index in [0.29, 0.717) is 0 Å². The van der Waals surface area contributed by atoms with E-state index in [1.165, 1.54) is 16.3 Å². The van der Waals surface area contributed by atoms with Crippen molar-refractivity contribution in [1.29, 1.82) is 0 Å². The Hall–Kier alpha value is -2.19. The zero-order chi connectivity index (χ0) is 13.2. The Kier molecular flexibility index (Phi) is 3.02. The van der Waals surface area contributed by atoms with Gasteiger partial charge in [0.1, 0.15) is 0 Å². The first-order valence-corrected chi connectivity index (χ1v) is 6.40. The number of hydrogen-bond acceptors (Lipinski definition) is 2. The van der Waals surface area contributed by atoms with Gasteiger partial charge in [-0.1, -0.05) is 36.4 Å². The van der Waals surface area contributed by atoms with Crippen LogP contribution < -0.4 is 5.73 Å². The van der Waals surface area contributed by atoms with Crippen LogP contribution >= 0.6 is 0 Å². The third kappa shape index (κ3) is 2.23. The Balaban J connectivity index is 2.07. The number of aromatic nitrogens is 1. The molecule has 0 aliphatic carbocycles. The number of aryl methyl sites for hydroxylation is 1. The second-order valence-electron chi connectivity index (χ2n) is 4.82. The van der Waals surface area contributed by atoms with Gasteiger partial charge in [-0.25, -0.2) is 0 Å². The largest absolute Gasteiger partial charge is 0.320 e. The second kappa shape index (κ2) is 4.82. The monoisotopic (exact) mass is 248 g/mol. The molecule has 2 N–H and O–H groups in total. The van der Waals surface area contributed by atoms with E-state index < -0.39 is 0 Å². The molecule has 2 nitrogen and oxygen atoms in total. The van der Waals surface area contributed by atoms with Gasteiger partial charge in [-0.05, 0) is 46.5 Å². The summed E-state index contributed by atoms with van der Waals surface area (Å²) in [5.74, 6) is 0. The van der Waals surface area contributed by atoms with E-state index in [1.54, 1.807) is 6.20 Å². The summed E-state index contributed by atoms with van der Waals surface area (Å²) >= 11 is 0. The summed E-state index contributed by atoms with van der Waals surface area (Å²) in [6.45, 7) is 2.07. The van der Waals surface area contributed by atoms with Crippen LogP contribution in [0.4, 0.5) is 0 Å². The lowest BCUT2D eigenvalue weighted by molar-refractivity contribution is 0.854. The molecular formula is C17H16N2. The van der Waals surface area contributed by atoms with Gasteiger partial charge in [-0.3, -0.25) is 4.98 Å². The van der Waals surface area contributed by atoms with Crippen LogP contribution in [0.3, 0.4) is 0 Å². The van der Waals surface area contributed by atoms with Crippen molar-refractivity contribution in [2.75, 3.05) is 0 Å². The molecule has 3 aromatic rings. The maximum atomic E-state index is 6.37. The van der Waals surface area contributed by atoms with Gasteiger partial charge in [0.2, 0.25) is 0 Å². The zero-order valence-corrected chi connectivity index (χ0v) is 10.9. The van der Waals surface area contributed by atoms with Gasteiger partial charge in [0.15, 0.2) is 0 Å². The lowest BCUT2D eigenvalue weighted by Gasteiger charge is -2.15. The highest BCUT2D eigenvalue weighted by atomic mass is 14.7. The molecule has 0 bridgehead atoms. The van der Waals surface area contributed by atoms with Crippen molar-refractivity contribution in [2.45, 2.75) is 13.0 Å². The Morgan fingerprint density at radius 1 is 1.00 bits per heavy atom. The predicted molar refractivity (Wildman–Crippen MR) is 79.0 cm³/mol. The summed E-state index contributed by atoms with van der Waals surface area (Å²) < 4.78 is 0. The summed E-state index contributed by atoms with van der Waals surface area (Å²) in [6, 6.07) is 16.6. The van der Waals surface area contributed by atoms with Crippen LogP contribution in [0.15, 0.2) is 60.9 Å². The smallest absolute Gasteiger partial charge is 0.0569 e. The molecular weight excluding hydrogens is 232 g/mol. The molecule has 3 rings (SSSR count). The van der Waals surface area contributed by atoms with E-state index >= 15 is 0 Å². The van der Waals surface area contributed by atoms with Crippen molar-refractivity contribution < 1.29 is 0 Å². The number of benzene rings is 2. The van der Waals surface area contributed by atoms with Crippen LogP contribution in [0.2, 0.25) is 0 Å². The van der Waals surface area contributed by atoms with Crippen molar-refractivity contribution in [1.82, 2.24) is 4.98 Å². The highest BCUT2D eigenvalue weighted by Crippen LogP contribution is 2.25. The maximum absolute atomic E-state index is 6.37.